The Balaban J connectivity index is 2.13. The Bertz CT molecular complexity index is 57.5. The first-order valence-corrected chi connectivity index (χ1v) is 3.02. The second-order valence-corrected chi connectivity index (χ2v) is 2.05. The van der Waals surface area contributed by atoms with Crippen molar-refractivity contribution in [3.05, 3.63) is 6.61 Å². The second kappa shape index (κ2) is 3.05. The van der Waals surface area contributed by atoms with Gasteiger partial charge in [0.25, 0.3) is 0 Å². The summed E-state index contributed by atoms with van der Waals surface area (Å²) in [6.45, 7) is 1.95. The Morgan fingerprint density at radius 3 is 2.75 bits per heavy atom. The fourth-order valence-electron chi connectivity index (χ4n) is 0.883. The molecule has 1 heterocycles. The Morgan fingerprint density at radius 2 is 2.38 bits per heavy atom. The Labute approximate surface area is 49.5 Å². The zero-order chi connectivity index (χ0) is 5.82. The van der Waals surface area contributed by atoms with E-state index in [0.717, 1.165) is 26.1 Å². The molecule has 2 nitrogen and oxygen atoms in total. The zero-order valence-electron chi connectivity index (χ0n) is 4.84. The largest absolute Gasteiger partial charge is 0.388 e. The lowest BCUT2D eigenvalue weighted by atomic mass is 10.1. The van der Waals surface area contributed by atoms with Crippen LogP contribution < -0.4 is 0 Å². The standard InChI is InChI=1S/C6H11O2/c7-5-6-3-1-2-4-8-6/h5-7H,1-4H2. The van der Waals surface area contributed by atoms with E-state index < -0.39 is 0 Å². The van der Waals surface area contributed by atoms with Crippen molar-refractivity contribution < 1.29 is 9.84 Å². The van der Waals surface area contributed by atoms with Gasteiger partial charge in [-0.3, -0.25) is 0 Å². The topological polar surface area (TPSA) is 29.5 Å². The molecule has 1 rings (SSSR count). The predicted octanol–water partition coefficient (Wildman–Crippen LogP) is 1.09. The fourth-order valence-corrected chi connectivity index (χ4v) is 0.883. The van der Waals surface area contributed by atoms with Crippen LogP contribution in [0.4, 0.5) is 0 Å². The van der Waals surface area contributed by atoms with E-state index >= 15 is 0 Å². The Morgan fingerprint density at radius 1 is 1.50 bits per heavy atom. The van der Waals surface area contributed by atoms with Crippen molar-refractivity contribution in [1.82, 2.24) is 0 Å². The molecule has 1 saturated heterocycles. The highest BCUT2D eigenvalue weighted by Crippen LogP contribution is 2.12. The van der Waals surface area contributed by atoms with Gasteiger partial charge in [-0.15, -0.1) is 0 Å². The van der Waals surface area contributed by atoms with Crippen molar-refractivity contribution in [3.8, 4) is 0 Å². The number of aliphatic hydroxyl groups excluding tert-OH is 1. The molecule has 8 heavy (non-hydrogen) atoms. The van der Waals surface area contributed by atoms with Gasteiger partial charge in [-0.1, -0.05) is 0 Å². The van der Waals surface area contributed by atoms with Gasteiger partial charge in [0.1, 0.15) is 6.61 Å². The molecule has 0 aromatic heterocycles. The van der Waals surface area contributed by atoms with E-state index in [1.165, 1.54) is 6.42 Å². The summed E-state index contributed by atoms with van der Waals surface area (Å²) < 4.78 is 5.12. The molecule has 0 aromatic carbocycles. The summed E-state index contributed by atoms with van der Waals surface area (Å²) in [5.41, 5.74) is 0. The van der Waals surface area contributed by atoms with Crippen LogP contribution >= 0.6 is 0 Å². The molecule has 0 aromatic rings. The third kappa shape index (κ3) is 1.46. The first kappa shape index (κ1) is 6.05. The SMILES string of the molecule is O[CH]C1CCCCO1. The number of hydrogen-bond acceptors (Lipinski definition) is 2. The summed E-state index contributed by atoms with van der Waals surface area (Å²) in [6, 6.07) is 0. The molecule has 0 spiro atoms. The molecule has 0 bridgehead atoms. The predicted molar refractivity (Wildman–Crippen MR) is 29.8 cm³/mol. The third-order valence-corrected chi connectivity index (χ3v) is 1.38. The minimum atomic E-state index is 0.0174. The number of rotatable bonds is 1. The summed E-state index contributed by atoms with van der Waals surface area (Å²) in [6.07, 6.45) is 3.33. The van der Waals surface area contributed by atoms with Gasteiger partial charge in [0.2, 0.25) is 0 Å². The van der Waals surface area contributed by atoms with E-state index in [1.54, 1.807) is 0 Å². The number of hydrogen-bond donors (Lipinski definition) is 1. The Kier molecular flexibility index (Phi) is 2.30. The first-order chi connectivity index (χ1) is 3.93. The van der Waals surface area contributed by atoms with Gasteiger partial charge < -0.3 is 9.84 Å². The molecule has 1 fully saturated rings. The molecule has 47 valence electrons. The molecule has 1 radical (unpaired) electrons. The van der Waals surface area contributed by atoms with Crippen LogP contribution in [-0.2, 0) is 4.74 Å². The van der Waals surface area contributed by atoms with Crippen molar-refractivity contribution in [2.45, 2.75) is 25.4 Å². The maximum atomic E-state index is 8.44. The molecular weight excluding hydrogens is 104 g/mol. The van der Waals surface area contributed by atoms with Crippen molar-refractivity contribution in [2.24, 2.45) is 0 Å². The molecule has 1 atom stereocenters. The van der Waals surface area contributed by atoms with Gasteiger partial charge in [-0.05, 0) is 19.3 Å². The molecule has 1 N–H and O–H groups in total. The summed E-state index contributed by atoms with van der Waals surface area (Å²) in [5.74, 6) is 0. The van der Waals surface area contributed by atoms with Crippen molar-refractivity contribution in [3.63, 3.8) is 0 Å². The van der Waals surface area contributed by atoms with Crippen molar-refractivity contribution >= 4 is 0 Å². The quantitative estimate of drug-likeness (QED) is 0.554. The van der Waals surface area contributed by atoms with Crippen LogP contribution in [0.3, 0.4) is 0 Å². The van der Waals surface area contributed by atoms with Crippen LogP contribution in [0, 0.1) is 6.61 Å². The van der Waals surface area contributed by atoms with Gasteiger partial charge >= 0.3 is 0 Å². The molecule has 2 heteroatoms. The molecule has 1 aliphatic heterocycles. The maximum absolute atomic E-state index is 8.44. The maximum Gasteiger partial charge on any atom is 0.109 e. The van der Waals surface area contributed by atoms with Crippen LogP contribution in [0.15, 0.2) is 0 Å². The van der Waals surface area contributed by atoms with Gasteiger partial charge in [-0.25, -0.2) is 0 Å². The summed E-state index contributed by atoms with van der Waals surface area (Å²) in [4.78, 5) is 0. The number of aliphatic hydroxyl groups is 1. The van der Waals surface area contributed by atoms with Crippen LogP contribution in [0.25, 0.3) is 0 Å². The monoisotopic (exact) mass is 115 g/mol. The normalized spacial score (nSPS) is 30.4. The van der Waals surface area contributed by atoms with Crippen LogP contribution in [-0.4, -0.2) is 17.8 Å². The van der Waals surface area contributed by atoms with E-state index in [9.17, 15) is 0 Å². The lowest BCUT2D eigenvalue weighted by Crippen LogP contribution is -2.18. The van der Waals surface area contributed by atoms with Crippen LogP contribution in [0.2, 0.25) is 0 Å². The smallest absolute Gasteiger partial charge is 0.109 e. The van der Waals surface area contributed by atoms with Gasteiger partial charge in [-0.2, -0.15) is 0 Å². The molecule has 0 saturated carbocycles. The first-order valence-electron chi connectivity index (χ1n) is 3.02. The highest BCUT2D eigenvalue weighted by Gasteiger charge is 2.11. The van der Waals surface area contributed by atoms with Crippen molar-refractivity contribution in [1.29, 1.82) is 0 Å². The fraction of sp³-hybridized carbons (Fsp3) is 0.833. The molecule has 1 aliphatic rings. The van der Waals surface area contributed by atoms with E-state index in [4.69, 9.17) is 9.84 Å². The second-order valence-electron chi connectivity index (χ2n) is 2.05. The highest BCUT2D eigenvalue weighted by molar-refractivity contribution is 4.68. The summed E-state index contributed by atoms with van der Waals surface area (Å²) >= 11 is 0. The van der Waals surface area contributed by atoms with E-state index in [1.807, 2.05) is 0 Å². The summed E-state index contributed by atoms with van der Waals surface area (Å²) in [5, 5.41) is 8.44. The average molecular weight is 115 g/mol. The number of ether oxygens (including phenoxy) is 1. The Hall–Kier alpha value is -0.0800. The minimum absolute atomic E-state index is 0.0174. The van der Waals surface area contributed by atoms with E-state index in [0.29, 0.717) is 0 Å². The van der Waals surface area contributed by atoms with E-state index in [2.05, 4.69) is 0 Å². The van der Waals surface area contributed by atoms with E-state index in [-0.39, 0.29) is 6.10 Å². The highest BCUT2D eigenvalue weighted by atomic mass is 16.5. The van der Waals surface area contributed by atoms with Gasteiger partial charge in [0, 0.05) is 6.61 Å². The van der Waals surface area contributed by atoms with Crippen LogP contribution in [0.1, 0.15) is 19.3 Å². The van der Waals surface area contributed by atoms with Crippen molar-refractivity contribution in [2.75, 3.05) is 6.61 Å². The van der Waals surface area contributed by atoms with Gasteiger partial charge in [0.15, 0.2) is 0 Å². The van der Waals surface area contributed by atoms with Gasteiger partial charge in [0.05, 0.1) is 6.10 Å². The lowest BCUT2D eigenvalue weighted by molar-refractivity contribution is 0.0103. The molecular formula is C6H11O2. The minimum Gasteiger partial charge on any atom is -0.388 e. The lowest BCUT2D eigenvalue weighted by Gasteiger charge is -2.19. The third-order valence-electron chi connectivity index (χ3n) is 1.38. The molecule has 0 amide bonds. The van der Waals surface area contributed by atoms with Crippen LogP contribution in [0.5, 0.6) is 0 Å². The molecule has 0 aliphatic carbocycles. The summed E-state index contributed by atoms with van der Waals surface area (Å²) in [7, 11) is 0. The molecule has 1 unspecified atom stereocenters. The zero-order valence-corrected chi connectivity index (χ0v) is 4.84. The average Bonchev–Trinajstić information content (AvgIpc) is 1.90.